The van der Waals surface area contributed by atoms with Crippen LogP contribution in [0, 0.1) is 0 Å². The van der Waals surface area contributed by atoms with Gasteiger partial charge in [-0.3, -0.25) is 4.79 Å². The number of para-hydroxylation sites is 1. The van der Waals surface area contributed by atoms with E-state index in [1.165, 1.54) is 6.20 Å². The van der Waals surface area contributed by atoms with E-state index in [0.717, 1.165) is 11.3 Å². The highest BCUT2D eigenvalue weighted by Gasteiger charge is 2.14. The largest absolute Gasteiger partial charge is 0.504 e. The number of thiazole rings is 1. The molecule has 0 aliphatic rings. The average Bonchev–Trinajstić information content (AvgIpc) is 2.84. The van der Waals surface area contributed by atoms with Crippen molar-refractivity contribution in [2.24, 2.45) is 0 Å². The number of hydrogen-bond donors (Lipinski definition) is 1. The van der Waals surface area contributed by atoms with Gasteiger partial charge in [0.15, 0.2) is 11.4 Å². The van der Waals surface area contributed by atoms with Gasteiger partial charge in [0.25, 0.3) is 11.5 Å². The molecule has 0 aliphatic heterocycles. The van der Waals surface area contributed by atoms with Crippen molar-refractivity contribution in [2.45, 2.75) is 0 Å². The van der Waals surface area contributed by atoms with Crippen LogP contribution >= 0.6 is 11.3 Å². The summed E-state index contributed by atoms with van der Waals surface area (Å²) >= 11 is 1.15. The lowest BCUT2D eigenvalue weighted by atomic mass is 10.3. The van der Waals surface area contributed by atoms with Crippen molar-refractivity contribution in [3.8, 4) is 16.7 Å². The summed E-state index contributed by atoms with van der Waals surface area (Å²) in [5, 5.41) is 10.2. The Balaban J connectivity index is 2.02. The highest BCUT2D eigenvalue weighted by molar-refractivity contribution is 7.20. The van der Waals surface area contributed by atoms with Crippen molar-refractivity contribution in [3.05, 3.63) is 42.2 Å². The number of fused-ring (bicyclic) bond motifs is 1. The molecule has 19 heavy (non-hydrogen) atoms. The van der Waals surface area contributed by atoms with E-state index in [-0.39, 0.29) is 11.4 Å². The fourth-order valence-corrected chi connectivity index (χ4v) is 2.42. The smallest absolute Gasteiger partial charge is 0.280 e. The van der Waals surface area contributed by atoms with Crippen molar-refractivity contribution in [3.63, 3.8) is 0 Å². The monoisotopic (exact) mass is 271 g/mol. The SMILES string of the molecule is O=[C]c1ncc2nc(Oc3ccccc3)sc2c1O. The maximum atomic E-state index is 10.6. The Bertz CT molecular complexity index is 740. The molecule has 3 aromatic rings. The van der Waals surface area contributed by atoms with Crippen molar-refractivity contribution >= 4 is 27.8 Å². The van der Waals surface area contributed by atoms with Gasteiger partial charge in [-0.2, -0.15) is 0 Å². The van der Waals surface area contributed by atoms with E-state index in [1.54, 1.807) is 18.4 Å². The molecule has 1 radical (unpaired) electrons. The van der Waals surface area contributed by atoms with Crippen LogP contribution in [0.25, 0.3) is 10.2 Å². The second-order valence-corrected chi connectivity index (χ2v) is 4.63. The van der Waals surface area contributed by atoms with E-state index in [2.05, 4.69) is 9.97 Å². The summed E-state index contributed by atoms with van der Waals surface area (Å²) in [7, 11) is 0. The molecule has 0 bridgehead atoms. The van der Waals surface area contributed by atoms with Gasteiger partial charge in [0, 0.05) is 0 Å². The highest BCUT2D eigenvalue weighted by atomic mass is 32.1. The van der Waals surface area contributed by atoms with E-state index in [9.17, 15) is 9.90 Å². The first-order valence-corrected chi connectivity index (χ1v) is 6.19. The van der Waals surface area contributed by atoms with Crippen LogP contribution in [0.2, 0.25) is 0 Å². The second kappa shape index (κ2) is 4.66. The molecule has 0 unspecified atom stereocenters. The lowest BCUT2D eigenvalue weighted by Crippen LogP contribution is -1.87. The van der Waals surface area contributed by atoms with Gasteiger partial charge in [0.1, 0.15) is 16.0 Å². The summed E-state index contributed by atoms with van der Waals surface area (Å²) < 4.78 is 6.02. The first kappa shape index (κ1) is 11.6. The van der Waals surface area contributed by atoms with Gasteiger partial charge in [0.2, 0.25) is 0 Å². The fourth-order valence-electron chi connectivity index (χ4n) is 1.57. The number of hydrogen-bond acceptors (Lipinski definition) is 6. The van der Waals surface area contributed by atoms with Crippen LogP contribution in [0.4, 0.5) is 0 Å². The zero-order valence-corrected chi connectivity index (χ0v) is 10.3. The third-order valence-corrected chi connectivity index (χ3v) is 3.39. The zero-order chi connectivity index (χ0) is 13.2. The third kappa shape index (κ3) is 2.13. The van der Waals surface area contributed by atoms with E-state index in [0.29, 0.717) is 21.2 Å². The summed E-state index contributed by atoms with van der Waals surface area (Å²) in [6.45, 7) is 0. The Morgan fingerprint density at radius 3 is 2.79 bits per heavy atom. The topological polar surface area (TPSA) is 72.3 Å². The Morgan fingerprint density at radius 1 is 1.26 bits per heavy atom. The lowest BCUT2D eigenvalue weighted by Gasteiger charge is -1.98. The number of nitrogens with zero attached hydrogens (tertiary/aromatic N) is 2. The van der Waals surface area contributed by atoms with Crippen LogP contribution in [0.3, 0.4) is 0 Å². The van der Waals surface area contributed by atoms with Gasteiger partial charge in [-0.05, 0) is 12.1 Å². The number of benzene rings is 1. The minimum absolute atomic E-state index is 0.123. The number of ether oxygens (including phenoxy) is 1. The molecule has 1 N–H and O–H groups in total. The van der Waals surface area contributed by atoms with Gasteiger partial charge in [-0.1, -0.05) is 29.5 Å². The molecule has 6 heteroatoms. The van der Waals surface area contributed by atoms with Crippen molar-refractivity contribution in [1.29, 1.82) is 0 Å². The zero-order valence-electron chi connectivity index (χ0n) is 9.53. The maximum Gasteiger partial charge on any atom is 0.280 e. The molecule has 5 nitrogen and oxygen atoms in total. The molecule has 0 saturated carbocycles. The van der Waals surface area contributed by atoms with Crippen LogP contribution in [0.1, 0.15) is 5.69 Å². The predicted molar refractivity (Wildman–Crippen MR) is 70.4 cm³/mol. The normalized spacial score (nSPS) is 10.5. The highest BCUT2D eigenvalue weighted by Crippen LogP contribution is 2.36. The van der Waals surface area contributed by atoms with E-state index in [1.807, 2.05) is 18.2 Å². The van der Waals surface area contributed by atoms with Crippen LogP contribution in [-0.4, -0.2) is 21.4 Å². The summed E-state index contributed by atoms with van der Waals surface area (Å²) in [5.74, 6) is 0.434. The molecule has 0 aliphatic carbocycles. The van der Waals surface area contributed by atoms with Crippen LogP contribution < -0.4 is 4.74 Å². The first-order valence-electron chi connectivity index (χ1n) is 5.37. The van der Waals surface area contributed by atoms with E-state index in [4.69, 9.17) is 4.74 Å². The van der Waals surface area contributed by atoms with Crippen LogP contribution in [0.15, 0.2) is 36.5 Å². The Morgan fingerprint density at radius 2 is 2.05 bits per heavy atom. The molecule has 0 amide bonds. The Labute approximate surface area is 112 Å². The second-order valence-electron chi connectivity index (χ2n) is 3.67. The van der Waals surface area contributed by atoms with Gasteiger partial charge in [-0.15, -0.1) is 0 Å². The third-order valence-electron chi connectivity index (χ3n) is 2.43. The molecule has 2 aromatic heterocycles. The molecule has 1 aromatic carbocycles. The van der Waals surface area contributed by atoms with Crippen molar-refractivity contribution < 1.29 is 14.6 Å². The molecule has 0 spiro atoms. The minimum Gasteiger partial charge on any atom is -0.504 e. The Kier molecular flexibility index (Phi) is 2.85. The van der Waals surface area contributed by atoms with Crippen molar-refractivity contribution in [1.82, 2.24) is 9.97 Å². The van der Waals surface area contributed by atoms with Crippen LogP contribution in [0.5, 0.6) is 16.7 Å². The van der Waals surface area contributed by atoms with E-state index >= 15 is 0 Å². The minimum atomic E-state index is -0.215. The molecular weight excluding hydrogens is 264 g/mol. The van der Waals surface area contributed by atoms with Crippen molar-refractivity contribution in [2.75, 3.05) is 0 Å². The maximum absolute atomic E-state index is 10.6. The molecular formula is C13H7N2O3S. The number of rotatable bonds is 3. The quantitative estimate of drug-likeness (QED) is 0.792. The number of aromatic nitrogens is 2. The summed E-state index contributed by atoms with van der Waals surface area (Å²) in [5.41, 5.74) is 0.356. The number of carbonyl (C=O) groups excluding carboxylic acids is 1. The standard InChI is InChI=1S/C13H7N2O3S/c16-7-10-11(17)12-9(6-14-10)15-13(19-12)18-8-4-2-1-3-5-8/h1-6,17H. The first-order chi connectivity index (χ1) is 9.28. The van der Waals surface area contributed by atoms with Gasteiger partial charge < -0.3 is 9.84 Å². The fraction of sp³-hybridized carbons (Fsp3) is 0. The Hall–Kier alpha value is -2.47. The number of aromatic hydroxyl groups is 1. The summed E-state index contributed by atoms with van der Waals surface area (Å²) in [6.07, 6.45) is 2.98. The predicted octanol–water partition coefficient (Wildman–Crippen LogP) is 2.65. The summed E-state index contributed by atoms with van der Waals surface area (Å²) in [4.78, 5) is 18.5. The van der Waals surface area contributed by atoms with E-state index < -0.39 is 0 Å². The number of pyridine rings is 1. The molecule has 0 fully saturated rings. The molecule has 0 atom stereocenters. The average molecular weight is 271 g/mol. The van der Waals surface area contributed by atoms with Gasteiger partial charge in [-0.25, -0.2) is 9.97 Å². The molecule has 3 rings (SSSR count). The van der Waals surface area contributed by atoms with Crippen LogP contribution in [-0.2, 0) is 4.79 Å². The lowest BCUT2D eigenvalue weighted by molar-refractivity contribution is 0.476. The molecule has 0 saturated heterocycles. The molecule has 2 heterocycles. The molecule has 93 valence electrons. The summed E-state index contributed by atoms with van der Waals surface area (Å²) in [6, 6.07) is 9.18. The van der Waals surface area contributed by atoms with Gasteiger partial charge >= 0.3 is 0 Å². The van der Waals surface area contributed by atoms with Gasteiger partial charge in [0.05, 0.1) is 6.20 Å².